The molecular weight excluding hydrogens is 398 g/mol. The molecule has 0 unspecified atom stereocenters. The van der Waals surface area contributed by atoms with Crippen LogP contribution in [0.2, 0.25) is 0 Å². The Morgan fingerprint density at radius 3 is 2.60 bits per heavy atom. The third-order valence-electron chi connectivity index (χ3n) is 4.92. The number of amides is 1. The first-order valence-electron chi connectivity index (χ1n) is 10.0. The Morgan fingerprint density at radius 1 is 1.17 bits per heavy atom. The maximum Gasteiger partial charge on any atom is 0.262 e. The fourth-order valence-electron chi connectivity index (χ4n) is 3.07. The number of rotatable bonds is 9. The van der Waals surface area contributed by atoms with Crippen LogP contribution in [0, 0.1) is 0 Å². The monoisotopic (exact) mass is 425 g/mol. The Bertz CT molecular complexity index is 1060. The van der Waals surface area contributed by atoms with Crippen LogP contribution in [0.5, 0.6) is 5.75 Å². The lowest BCUT2D eigenvalue weighted by atomic mass is 10.2. The van der Waals surface area contributed by atoms with Crippen molar-refractivity contribution in [3.8, 4) is 5.75 Å². The summed E-state index contributed by atoms with van der Waals surface area (Å²) in [5.74, 6) is 1.04. The highest BCUT2D eigenvalue weighted by Gasteiger charge is 2.15. The third kappa shape index (κ3) is 5.21. The average Bonchev–Trinajstić information content (AvgIpc) is 2.78. The van der Waals surface area contributed by atoms with Crippen molar-refractivity contribution in [2.75, 3.05) is 26.5 Å². The molecule has 0 aliphatic rings. The highest BCUT2D eigenvalue weighted by atomic mass is 32.2. The van der Waals surface area contributed by atoms with Crippen LogP contribution in [-0.2, 0) is 11.3 Å². The van der Waals surface area contributed by atoms with E-state index < -0.39 is 0 Å². The van der Waals surface area contributed by atoms with Gasteiger partial charge >= 0.3 is 0 Å². The van der Waals surface area contributed by atoms with Gasteiger partial charge in [0.15, 0.2) is 5.16 Å². The Kier molecular flexibility index (Phi) is 7.52. The second kappa shape index (κ2) is 10.3. The van der Waals surface area contributed by atoms with Gasteiger partial charge in [0.1, 0.15) is 5.75 Å². The summed E-state index contributed by atoms with van der Waals surface area (Å²) in [4.78, 5) is 32.1. The zero-order valence-electron chi connectivity index (χ0n) is 17.6. The SMILES string of the molecule is CCCCN(C)C(=O)CSc1nc2ccccc2c(=O)n1Cc1ccc(OC)cc1. The molecule has 2 aromatic carbocycles. The van der Waals surface area contributed by atoms with E-state index in [9.17, 15) is 9.59 Å². The van der Waals surface area contributed by atoms with Gasteiger partial charge in [0.25, 0.3) is 5.56 Å². The van der Waals surface area contributed by atoms with Crippen LogP contribution in [0.15, 0.2) is 58.5 Å². The standard InChI is InChI=1S/C23H27N3O3S/c1-4-5-14-25(2)21(27)16-30-23-24-20-9-7-6-8-19(20)22(28)26(23)15-17-10-12-18(29-3)13-11-17/h6-13H,4-5,14-16H2,1-3H3. The molecule has 0 atom stereocenters. The lowest BCUT2D eigenvalue weighted by Crippen LogP contribution is -2.30. The molecule has 0 saturated heterocycles. The lowest BCUT2D eigenvalue weighted by Gasteiger charge is -2.17. The highest BCUT2D eigenvalue weighted by Crippen LogP contribution is 2.20. The first-order chi connectivity index (χ1) is 14.5. The van der Waals surface area contributed by atoms with Gasteiger partial charge in [-0.15, -0.1) is 0 Å². The van der Waals surface area contributed by atoms with Crippen molar-refractivity contribution in [3.05, 3.63) is 64.4 Å². The van der Waals surface area contributed by atoms with Gasteiger partial charge in [-0.3, -0.25) is 14.2 Å². The predicted octanol–water partition coefficient (Wildman–Crippen LogP) is 3.80. The first-order valence-corrected chi connectivity index (χ1v) is 11.0. The molecule has 1 heterocycles. The minimum Gasteiger partial charge on any atom is -0.497 e. The van der Waals surface area contributed by atoms with Gasteiger partial charge < -0.3 is 9.64 Å². The molecule has 1 amide bonds. The zero-order valence-corrected chi connectivity index (χ0v) is 18.4. The van der Waals surface area contributed by atoms with Gasteiger partial charge in [0.05, 0.1) is 30.3 Å². The van der Waals surface area contributed by atoms with Crippen LogP contribution in [0.1, 0.15) is 25.3 Å². The number of nitrogens with zero attached hydrogens (tertiary/aromatic N) is 3. The van der Waals surface area contributed by atoms with E-state index in [0.717, 1.165) is 30.7 Å². The number of hydrogen-bond donors (Lipinski definition) is 0. The number of carbonyl (C=O) groups excluding carboxylic acids is 1. The molecule has 3 aromatic rings. The maximum absolute atomic E-state index is 13.2. The minimum atomic E-state index is -0.106. The van der Waals surface area contributed by atoms with E-state index in [4.69, 9.17) is 4.74 Å². The van der Waals surface area contributed by atoms with E-state index in [-0.39, 0.29) is 17.2 Å². The normalized spacial score (nSPS) is 10.9. The van der Waals surface area contributed by atoms with Crippen molar-refractivity contribution in [2.45, 2.75) is 31.5 Å². The summed E-state index contributed by atoms with van der Waals surface area (Å²) in [5, 5.41) is 1.12. The van der Waals surface area contributed by atoms with Crippen LogP contribution in [0.25, 0.3) is 10.9 Å². The Morgan fingerprint density at radius 2 is 1.90 bits per heavy atom. The molecule has 158 valence electrons. The zero-order chi connectivity index (χ0) is 21.5. The Labute approximate surface area is 180 Å². The Hall–Kier alpha value is -2.80. The number of thioether (sulfide) groups is 1. The number of para-hydroxylation sites is 1. The number of aromatic nitrogens is 2. The molecule has 0 N–H and O–H groups in total. The van der Waals surface area contributed by atoms with Crippen molar-refractivity contribution >= 4 is 28.6 Å². The molecule has 3 rings (SSSR count). The summed E-state index contributed by atoms with van der Waals surface area (Å²) < 4.78 is 6.86. The van der Waals surface area contributed by atoms with Crippen molar-refractivity contribution < 1.29 is 9.53 Å². The molecule has 0 aliphatic heterocycles. The van der Waals surface area contributed by atoms with Crippen LogP contribution < -0.4 is 10.3 Å². The molecule has 1 aromatic heterocycles. The molecule has 0 bridgehead atoms. The largest absolute Gasteiger partial charge is 0.497 e. The van der Waals surface area contributed by atoms with E-state index in [1.165, 1.54) is 11.8 Å². The fraction of sp³-hybridized carbons (Fsp3) is 0.348. The summed E-state index contributed by atoms with van der Waals surface area (Å²) in [6.45, 7) is 3.21. The Balaban J connectivity index is 1.90. The van der Waals surface area contributed by atoms with Crippen molar-refractivity contribution in [2.24, 2.45) is 0 Å². The van der Waals surface area contributed by atoms with Crippen molar-refractivity contribution in [1.82, 2.24) is 14.5 Å². The van der Waals surface area contributed by atoms with Crippen molar-refractivity contribution in [1.29, 1.82) is 0 Å². The van der Waals surface area contributed by atoms with E-state index in [0.29, 0.717) is 22.6 Å². The molecule has 0 spiro atoms. The van der Waals surface area contributed by atoms with Gasteiger partial charge in [-0.1, -0.05) is 49.4 Å². The van der Waals surface area contributed by atoms with E-state index >= 15 is 0 Å². The second-order valence-electron chi connectivity index (χ2n) is 7.11. The molecule has 6 nitrogen and oxygen atoms in total. The average molecular weight is 426 g/mol. The molecule has 0 aliphatic carbocycles. The van der Waals surface area contributed by atoms with E-state index in [1.54, 1.807) is 22.6 Å². The number of unbranched alkanes of at least 4 members (excludes halogenated alkanes) is 1. The minimum absolute atomic E-state index is 0.0341. The van der Waals surface area contributed by atoms with Crippen LogP contribution in [0.4, 0.5) is 0 Å². The summed E-state index contributed by atoms with van der Waals surface area (Å²) in [5.41, 5.74) is 1.50. The summed E-state index contributed by atoms with van der Waals surface area (Å²) in [7, 11) is 3.44. The molecule has 7 heteroatoms. The smallest absolute Gasteiger partial charge is 0.262 e. The van der Waals surface area contributed by atoms with Gasteiger partial charge in [-0.25, -0.2) is 4.98 Å². The topological polar surface area (TPSA) is 64.4 Å². The summed E-state index contributed by atoms with van der Waals surface area (Å²) in [6.07, 6.45) is 2.02. The van der Waals surface area contributed by atoms with E-state index in [1.807, 2.05) is 49.5 Å². The molecule has 0 radical (unpaired) electrons. The van der Waals surface area contributed by atoms with Crippen molar-refractivity contribution in [3.63, 3.8) is 0 Å². The predicted molar refractivity (Wildman–Crippen MR) is 121 cm³/mol. The quantitative estimate of drug-likeness (QED) is 0.385. The maximum atomic E-state index is 13.2. The van der Waals surface area contributed by atoms with Crippen LogP contribution >= 0.6 is 11.8 Å². The molecular formula is C23H27N3O3S. The number of benzene rings is 2. The van der Waals surface area contributed by atoms with Gasteiger partial charge in [-0.2, -0.15) is 0 Å². The third-order valence-corrected chi connectivity index (χ3v) is 5.89. The highest BCUT2D eigenvalue weighted by molar-refractivity contribution is 7.99. The van der Waals surface area contributed by atoms with E-state index in [2.05, 4.69) is 11.9 Å². The van der Waals surface area contributed by atoms with Gasteiger partial charge in [-0.05, 0) is 36.2 Å². The number of carbonyl (C=O) groups is 1. The van der Waals surface area contributed by atoms with Crippen LogP contribution in [-0.4, -0.2) is 46.8 Å². The number of hydrogen-bond acceptors (Lipinski definition) is 5. The summed E-state index contributed by atoms with van der Waals surface area (Å²) in [6, 6.07) is 14.9. The number of ether oxygens (including phenoxy) is 1. The van der Waals surface area contributed by atoms with Gasteiger partial charge in [0.2, 0.25) is 5.91 Å². The first kappa shape index (κ1) is 21.9. The van der Waals surface area contributed by atoms with Crippen LogP contribution in [0.3, 0.4) is 0 Å². The fourth-order valence-corrected chi connectivity index (χ4v) is 4.01. The lowest BCUT2D eigenvalue weighted by molar-refractivity contribution is -0.127. The molecule has 0 fully saturated rings. The molecule has 30 heavy (non-hydrogen) atoms. The summed E-state index contributed by atoms with van der Waals surface area (Å²) >= 11 is 1.31. The second-order valence-corrected chi connectivity index (χ2v) is 8.05. The number of fused-ring (bicyclic) bond motifs is 1. The van der Waals surface area contributed by atoms with Gasteiger partial charge in [0, 0.05) is 13.6 Å². The number of methoxy groups -OCH3 is 1. The molecule has 0 saturated carbocycles.